The molecule has 3 N–H and O–H groups in total. The summed E-state index contributed by atoms with van der Waals surface area (Å²) in [5.74, 6) is 8.32. The Balaban J connectivity index is 1.86. The number of hydrogen-bond donors (Lipinski definition) is 2. The number of hydrogen-bond acceptors (Lipinski definition) is 6. The first-order valence-corrected chi connectivity index (χ1v) is 6.21. The molecule has 98 valence electrons. The van der Waals surface area contributed by atoms with Gasteiger partial charge >= 0.3 is 0 Å². The van der Waals surface area contributed by atoms with Gasteiger partial charge in [0.2, 0.25) is 5.88 Å². The van der Waals surface area contributed by atoms with E-state index in [0.29, 0.717) is 23.4 Å². The maximum atomic E-state index is 5.69. The first-order chi connectivity index (χ1) is 9.24. The summed E-state index contributed by atoms with van der Waals surface area (Å²) < 4.78 is 5.69. The fraction of sp³-hybridized carbons (Fsp3) is 0.308. The van der Waals surface area contributed by atoms with Crippen molar-refractivity contribution in [1.29, 1.82) is 0 Å². The number of pyridine rings is 1. The van der Waals surface area contributed by atoms with E-state index >= 15 is 0 Å². The van der Waals surface area contributed by atoms with Crippen molar-refractivity contribution in [2.24, 2.45) is 5.84 Å². The van der Waals surface area contributed by atoms with E-state index < -0.39 is 0 Å². The van der Waals surface area contributed by atoms with Crippen molar-refractivity contribution in [2.75, 3.05) is 5.43 Å². The van der Waals surface area contributed by atoms with Crippen molar-refractivity contribution in [3.05, 3.63) is 35.9 Å². The molecule has 3 rings (SSSR count). The lowest BCUT2D eigenvalue weighted by Crippen LogP contribution is -2.10. The van der Waals surface area contributed by atoms with Gasteiger partial charge in [-0.2, -0.15) is 4.98 Å². The molecular weight excluding hydrogens is 242 g/mol. The highest BCUT2D eigenvalue weighted by Gasteiger charge is 2.27. The molecule has 0 saturated heterocycles. The van der Waals surface area contributed by atoms with Gasteiger partial charge in [0.25, 0.3) is 0 Å². The van der Waals surface area contributed by atoms with Crippen LogP contribution in [0.5, 0.6) is 11.6 Å². The summed E-state index contributed by atoms with van der Waals surface area (Å²) >= 11 is 0. The molecule has 0 amide bonds. The van der Waals surface area contributed by atoms with Crippen LogP contribution >= 0.6 is 0 Å². The third-order valence-electron chi connectivity index (χ3n) is 2.92. The average molecular weight is 257 g/mol. The third kappa shape index (κ3) is 2.79. The number of rotatable bonds is 4. The zero-order valence-electron chi connectivity index (χ0n) is 10.6. The fourth-order valence-electron chi connectivity index (χ4n) is 1.73. The molecule has 0 spiro atoms. The second-order valence-electron chi connectivity index (χ2n) is 4.61. The standard InChI is InChI=1S/C13H15N5O/c1-8-2-5-10(7-15-8)19-12-6-11(18-14)16-13(17-12)9-3-4-9/h2,5-7,9H,3-4,14H2,1H3,(H,16,17,18). The van der Waals surface area contributed by atoms with Gasteiger partial charge in [0.1, 0.15) is 17.4 Å². The molecule has 2 aromatic rings. The molecule has 0 bridgehead atoms. The number of aryl methyl sites for hydroxylation is 1. The van der Waals surface area contributed by atoms with Crippen LogP contribution in [0, 0.1) is 6.92 Å². The zero-order chi connectivity index (χ0) is 13.2. The number of hydrazine groups is 1. The monoisotopic (exact) mass is 257 g/mol. The van der Waals surface area contributed by atoms with Crippen LogP contribution in [0.3, 0.4) is 0 Å². The molecular formula is C13H15N5O. The lowest BCUT2D eigenvalue weighted by Gasteiger charge is -2.08. The second kappa shape index (κ2) is 4.81. The molecule has 2 heterocycles. The van der Waals surface area contributed by atoms with Crippen LogP contribution in [-0.2, 0) is 0 Å². The maximum absolute atomic E-state index is 5.69. The normalized spacial score (nSPS) is 14.2. The number of aromatic nitrogens is 3. The molecule has 1 aliphatic carbocycles. The Hall–Kier alpha value is -2.21. The lowest BCUT2D eigenvalue weighted by atomic mass is 10.3. The van der Waals surface area contributed by atoms with Gasteiger partial charge in [-0.25, -0.2) is 10.8 Å². The second-order valence-corrected chi connectivity index (χ2v) is 4.61. The van der Waals surface area contributed by atoms with Crippen LogP contribution in [0.2, 0.25) is 0 Å². The smallest absolute Gasteiger partial charge is 0.224 e. The van der Waals surface area contributed by atoms with Crippen molar-refractivity contribution in [1.82, 2.24) is 15.0 Å². The summed E-state index contributed by atoms with van der Waals surface area (Å²) in [5.41, 5.74) is 3.48. The Morgan fingerprint density at radius 3 is 2.79 bits per heavy atom. The van der Waals surface area contributed by atoms with Crippen LogP contribution in [0.15, 0.2) is 24.4 Å². The topological polar surface area (TPSA) is 86.0 Å². The number of nitrogens with one attached hydrogen (secondary N) is 1. The number of ether oxygens (including phenoxy) is 1. The number of nitrogen functional groups attached to an aromatic ring is 1. The first-order valence-electron chi connectivity index (χ1n) is 6.21. The van der Waals surface area contributed by atoms with Crippen molar-refractivity contribution >= 4 is 5.82 Å². The summed E-state index contributed by atoms with van der Waals surface area (Å²) in [6.07, 6.45) is 3.92. The molecule has 0 aliphatic heterocycles. The minimum Gasteiger partial charge on any atom is -0.437 e. The molecule has 0 atom stereocenters. The largest absolute Gasteiger partial charge is 0.437 e. The van der Waals surface area contributed by atoms with Gasteiger partial charge in [0.15, 0.2) is 0 Å². The van der Waals surface area contributed by atoms with Crippen molar-refractivity contribution in [3.63, 3.8) is 0 Å². The van der Waals surface area contributed by atoms with Gasteiger partial charge in [0, 0.05) is 17.7 Å². The van der Waals surface area contributed by atoms with Gasteiger partial charge < -0.3 is 10.2 Å². The molecule has 1 fully saturated rings. The van der Waals surface area contributed by atoms with Gasteiger partial charge in [-0.1, -0.05) is 0 Å². The van der Waals surface area contributed by atoms with Crippen LogP contribution in [0.4, 0.5) is 5.82 Å². The summed E-state index contributed by atoms with van der Waals surface area (Å²) in [6, 6.07) is 5.42. The van der Waals surface area contributed by atoms with Gasteiger partial charge in [-0.05, 0) is 31.9 Å². The molecule has 1 aliphatic rings. The van der Waals surface area contributed by atoms with Gasteiger partial charge in [0.05, 0.1) is 6.20 Å². The van der Waals surface area contributed by atoms with E-state index in [4.69, 9.17) is 10.6 Å². The molecule has 0 aromatic carbocycles. The van der Waals surface area contributed by atoms with Crippen molar-refractivity contribution in [2.45, 2.75) is 25.7 Å². The van der Waals surface area contributed by atoms with E-state index in [9.17, 15) is 0 Å². The molecule has 2 aromatic heterocycles. The zero-order valence-corrected chi connectivity index (χ0v) is 10.6. The first kappa shape index (κ1) is 11.9. The molecule has 0 unspecified atom stereocenters. The van der Waals surface area contributed by atoms with Gasteiger partial charge in [-0.15, -0.1) is 0 Å². The lowest BCUT2D eigenvalue weighted by molar-refractivity contribution is 0.456. The van der Waals surface area contributed by atoms with E-state index in [1.807, 2.05) is 19.1 Å². The average Bonchev–Trinajstić information content (AvgIpc) is 3.25. The Kier molecular flexibility index (Phi) is 3.00. The maximum Gasteiger partial charge on any atom is 0.224 e. The van der Waals surface area contributed by atoms with Crippen LogP contribution in [0.25, 0.3) is 0 Å². The summed E-state index contributed by atoms with van der Waals surface area (Å²) in [5, 5.41) is 0. The van der Waals surface area contributed by atoms with Crippen LogP contribution < -0.4 is 16.0 Å². The molecule has 6 nitrogen and oxygen atoms in total. The molecule has 6 heteroatoms. The Labute approximate surface area is 111 Å². The van der Waals surface area contributed by atoms with Crippen LogP contribution in [0.1, 0.15) is 30.3 Å². The number of nitrogens with two attached hydrogens (primary N) is 1. The fourth-order valence-corrected chi connectivity index (χ4v) is 1.73. The number of nitrogens with zero attached hydrogens (tertiary/aromatic N) is 3. The van der Waals surface area contributed by atoms with E-state index in [-0.39, 0.29) is 0 Å². The molecule has 1 saturated carbocycles. The van der Waals surface area contributed by atoms with E-state index in [0.717, 1.165) is 24.4 Å². The van der Waals surface area contributed by atoms with Crippen LogP contribution in [-0.4, -0.2) is 15.0 Å². The highest BCUT2D eigenvalue weighted by molar-refractivity contribution is 5.39. The summed E-state index contributed by atoms with van der Waals surface area (Å²) in [4.78, 5) is 12.9. The molecule has 19 heavy (non-hydrogen) atoms. The predicted molar refractivity (Wildman–Crippen MR) is 70.9 cm³/mol. The van der Waals surface area contributed by atoms with E-state index in [1.165, 1.54) is 0 Å². The van der Waals surface area contributed by atoms with E-state index in [2.05, 4.69) is 20.4 Å². The third-order valence-corrected chi connectivity index (χ3v) is 2.92. The Morgan fingerprint density at radius 2 is 2.16 bits per heavy atom. The van der Waals surface area contributed by atoms with E-state index in [1.54, 1.807) is 12.3 Å². The summed E-state index contributed by atoms with van der Waals surface area (Å²) in [7, 11) is 0. The Bertz CT molecular complexity index is 580. The quantitative estimate of drug-likeness (QED) is 0.644. The van der Waals surface area contributed by atoms with Crippen molar-refractivity contribution < 1.29 is 4.74 Å². The van der Waals surface area contributed by atoms with Crippen molar-refractivity contribution in [3.8, 4) is 11.6 Å². The SMILES string of the molecule is Cc1ccc(Oc2cc(NN)nc(C3CC3)n2)cn1. The van der Waals surface area contributed by atoms with Gasteiger partial charge in [-0.3, -0.25) is 4.98 Å². The highest BCUT2D eigenvalue weighted by atomic mass is 16.5. The number of anilines is 1. The predicted octanol–water partition coefficient (Wildman–Crippen LogP) is 2.14. The highest BCUT2D eigenvalue weighted by Crippen LogP contribution is 2.39. The molecule has 0 radical (unpaired) electrons. The summed E-state index contributed by atoms with van der Waals surface area (Å²) in [6.45, 7) is 1.93. The Morgan fingerprint density at radius 1 is 1.32 bits per heavy atom. The minimum absolute atomic E-state index is 0.437. The minimum atomic E-state index is 0.437.